The molecule has 0 bridgehead atoms. The van der Waals surface area contributed by atoms with Crippen LogP contribution in [0.3, 0.4) is 0 Å². The second-order valence-electron chi connectivity index (χ2n) is 4.54. The number of halogens is 1. The molecule has 0 fully saturated rings. The Morgan fingerprint density at radius 2 is 2.05 bits per heavy atom. The normalized spacial score (nSPS) is 12.0. The van der Waals surface area contributed by atoms with Crippen molar-refractivity contribution in [1.82, 2.24) is 10.5 Å². The minimum absolute atomic E-state index is 0.119. The molecule has 0 aliphatic heterocycles. The van der Waals surface area contributed by atoms with E-state index in [1.54, 1.807) is 13.8 Å². The fourth-order valence-corrected chi connectivity index (χ4v) is 2.54. The van der Waals surface area contributed by atoms with E-state index in [4.69, 9.17) is 4.52 Å². The highest BCUT2D eigenvalue weighted by Crippen LogP contribution is 2.23. The Bertz CT molecular complexity index is 605. The molecule has 0 saturated carbocycles. The number of carbonyl (C=O) groups excluding carboxylic acids is 1. The molecule has 1 aromatic heterocycles. The van der Waals surface area contributed by atoms with E-state index < -0.39 is 0 Å². The molecule has 1 atom stereocenters. The van der Waals surface area contributed by atoms with Gasteiger partial charge in [0, 0.05) is 4.47 Å². The Hall–Kier alpha value is -1.82. The fraction of sp³-hybridized carbons (Fsp3) is 0.286. The summed E-state index contributed by atoms with van der Waals surface area (Å²) in [6.45, 7) is 5.46. The maximum Gasteiger partial charge on any atom is 0.319 e. The second-order valence-corrected chi connectivity index (χ2v) is 5.40. The number of carbonyl (C=O) groups is 1. The molecule has 6 heteroatoms. The molecule has 2 rings (SSSR count). The number of anilines is 1. The number of urea groups is 1. The van der Waals surface area contributed by atoms with Gasteiger partial charge < -0.3 is 15.2 Å². The smallest absolute Gasteiger partial charge is 0.319 e. The van der Waals surface area contributed by atoms with E-state index in [0.717, 1.165) is 10.0 Å². The SMILES string of the molecule is Cc1noc(C)c1NC(=O)N[C@H](C)c1ccccc1Br. The lowest BCUT2D eigenvalue weighted by atomic mass is 10.1. The van der Waals surface area contributed by atoms with Gasteiger partial charge in [-0.25, -0.2) is 4.79 Å². The Morgan fingerprint density at radius 1 is 1.35 bits per heavy atom. The van der Waals surface area contributed by atoms with Gasteiger partial charge in [-0.15, -0.1) is 0 Å². The van der Waals surface area contributed by atoms with Crippen LogP contribution in [0.15, 0.2) is 33.3 Å². The number of hydrogen-bond acceptors (Lipinski definition) is 3. The van der Waals surface area contributed by atoms with Crippen LogP contribution in [-0.2, 0) is 0 Å². The molecule has 5 nitrogen and oxygen atoms in total. The van der Waals surface area contributed by atoms with Crippen LogP contribution in [0.5, 0.6) is 0 Å². The molecule has 1 heterocycles. The molecule has 0 unspecified atom stereocenters. The van der Waals surface area contributed by atoms with E-state index in [-0.39, 0.29) is 12.1 Å². The molecule has 0 spiro atoms. The highest BCUT2D eigenvalue weighted by atomic mass is 79.9. The van der Waals surface area contributed by atoms with E-state index in [9.17, 15) is 4.79 Å². The predicted octanol–water partition coefficient (Wildman–Crippen LogP) is 3.94. The lowest BCUT2D eigenvalue weighted by Crippen LogP contribution is -2.31. The monoisotopic (exact) mass is 337 g/mol. The van der Waals surface area contributed by atoms with Crippen LogP contribution in [0.4, 0.5) is 10.5 Å². The van der Waals surface area contributed by atoms with Crippen LogP contribution >= 0.6 is 15.9 Å². The fourth-order valence-electron chi connectivity index (χ4n) is 1.91. The third-order valence-electron chi connectivity index (χ3n) is 2.99. The van der Waals surface area contributed by atoms with E-state index in [1.165, 1.54) is 0 Å². The Morgan fingerprint density at radius 3 is 2.65 bits per heavy atom. The number of rotatable bonds is 3. The van der Waals surface area contributed by atoms with Gasteiger partial charge in [0.1, 0.15) is 11.4 Å². The number of nitrogens with one attached hydrogen (secondary N) is 2. The van der Waals surface area contributed by atoms with Crippen molar-refractivity contribution in [3.8, 4) is 0 Å². The zero-order valence-electron chi connectivity index (χ0n) is 11.5. The summed E-state index contributed by atoms with van der Waals surface area (Å²) in [5, 5.41) is 9.43. The van der Waals surface area contributed by atoms with Gasteiger partial charge in [-0.2, -0.15) is 0 Å². The minimum Gasteiger partial charge on any atom is -0.359 e. The lowest BCUT2D eigenvalue weighted by Gasteiger charge is -2.16. The van der Waals surface area contributed by atoms with Gasteiger partial charge in [0.2, 0.25) is 0 Å². The molecular formula is C14H16BrN3O2. The van der Waals surface area contributed by atoms with Crippen molar-refractivity contribution in [3.05, 3.63) is 45.8 Å². The van der Waals surface area contributed by atoms with Gasteiger partial charge >= 0.3 is 6.03 Å². The third-order valence-corrected chi connectivity index (χ3v) is 3.71. The predicted molar refractivity (Wildman–Crippen MR) is 80.7 cm³/mol. The highest BCUT2D eigenvalue weighted by Gasteiger charge is 2.15. The Kier molecular flexibility index (Phi) is 4.44. The number of aryl methyl sites for hydroxylation is 2. The molecule has 2 aromatic rings. The minimum atomic E-state index is -0.289. The molecule has 1 aromatic carbocycles. The summed E-state index contributed by atoms with van der Waals surface area (Å²) in [5.41, 5.74) is 2.29. The molecule has 0 radical (unpaired) electrons. The van der Waals surface area contributed by atoms with Gasteiger partial charge in [0.05, 0.1) is 6.04 Å². The zero-order chi connectivity index (χ0) is 14.7. The van der Waals surface area contributed by atoms with Crippen LogP contribution in [0.25, 0.3) is 0 Å². The highest BCUT2D eigenvalue weighted by molar-refractivity contribution is 9.10. The molecule has 0 aliphatic rings. The first-order chi connectivity index (χ1) is 9.49. The summed E-state index contributed by atoms with van der Waals surface area (Å²) in [5.74, 6) is 0.589. The topological polar surface area (TPSA) is 67.2 Å². The van der Waals surface area contributed by atoms with Crippen molar-refractivity contribution in [1.29, 1.82) is 0 Å². The first kappa shape index (κ1) is 14.6. The molecule has 2 N–H and O–H groups in total. The molecule has 0 aliphatic carbocycles. The van der Waals surface area contributed by atoms with Gasteiger partial charge in [0.25, 0.3) is 0 Å². The third kappa shape index (κ3) is 3.19. The first-order valence-electron chi connectivity index (χ1n) is 6.24. The second kappa shape index (κ2) is 6.09. The molecule has 106 valence electrons. The summed E-state index contributed by atoms with van der Waals surface area (Å²) < 4.78 is 5.97. The maximum atomic E-state index is 12.0. The molecule has 2 amide bonds. The number of nitrogens with zero attached hydrogens (tertiary/aromatic N) is 1. The molecule has 0 saturated heterocycles. The van der Waals surface area contributed by atoms with Crippen LogP contribution in [-0.4, -0.2) is 11.2 Å². The maximum absolute atomic E-state index is 12.0. The van der Waals surface area contributed by atoms with Crippen molar-refractivity contribution in [2.75, 3.05) is 5.32 Å². The summed E-state index contributed by atoms with van der Waals surface area (Å²) in [6, 6.07) is 7.37. The first-order valence-corrected chi connectivity index (χ1v) is 7.03. The van der Waals surface area contributed by atoms with E-state index >= 15 is 0 Å². The zero-order valence-corrected chi connectivity index (χ0v) is 13.1. The van der Waals surface area contributed by atoms with Crippen molar-refractivity contribution >= 4 is 27.6 Å². The van der Waals surface area contributed by atoms with Gasteiger partial charge in [-0.05, 0) is 32.4 Å². The quantitative estimate of drug-likeness (QED) is 0.891. The largest absolute Gasteiger partial charge is 0.359 e. The number of amides is 2. The van der Waals surface area contributed by atoms with Crippen molar-refractivity contribution in [3.63, 3.8) is 0 Å². The standard InChI is InChI=1S/C14H16BrN3O2/c1-8(11-6-4-5-7-12(11)15)16-14(19)17-13-9(2)18-20-10(13)3/h4-8H,1-3H3,(H2,16,17,19)/t8-/m1/s1. The Balaban J connectivity index is 2.04. The van der Waals surface area contributed by atoms with Crippen molar-refractivity contribution in [2.24, 2.45) is 0 Å². The summed E-state index contributed by atoms with van der Waals surface area (Å²) >= 11 is 3.47. The summed E-state index contributed by atoms with van der Waals surface area (Å²) in [4.78, 5) is 12.0. The van der Waals surface area contributed by atoms with Crippen LogP contribution in [0, 0.1) is 13.8 Å². The molecular weight excluding hydrogens is 322 g/mol. The van der Waals surface area contributed by atoms with Gasteiger partial charge in [-0.1, -0.05) is 39.3 Å². The lowest BCUT2D eigenvalue weighted by molar-refractivity contribution is 0.249. The average Bonchev–Trinajstić information content (AvgIpc) is 2.71. The average molecular weight is 338 g/mol. The molecule has 20 heavy (non-hydrogen) atoms. The number of aromatic nitrogens is 1. The Labute approximate surface area is 125 Å². The summed E-state index contributed by atoms with van der Waals surface area (Å²) in [7, 11) is 0. The number of hydrogen-bond donors (Lipinski definition) is 2. The summed E-state index contributed by atoms with van der Waals surface area (Å²) in [6.07, 6.45) is 0. The number of benzene rings is 1. The van der Waals surface area contributed by atoms with E-state index in [0.29, 0.717) is 17.1 Å². The van der Waals surface area contributed by atoms with E-state index in [1.807, 2.05) is 31.2 Å². The van der Waals surface area contributed by atoms with Crippen molar-refractivity contribution < 1.29 is 9.32 Å². The van der Waals surface area contributed by atoms with Crippen LogP contribution in [0.2, 0.25) is 0 Å². The van der Waals surface area contributed by atoms with E-state index in [2.05, 4.69) is 31.7 Å². The van der Waals surface area contributed by atoms with Gasteiger partial charge in [-0.3, -0.25) is 0 Å². The van der Waals surface area contributed by atoms with Gasteiger partial charge in [0.15, 0.2) is 5.76 Å². The van der Waals surface area contributed by atoms with Crippen LogP contribution < -0.4 is 10.6 Å². The van der Waals surface area contributed by atoms with Crippen molar-refractivity contribution in [2.45, 2.75) is 26.8 Å². The van der Waals surface area contributed by atoms with Crippen LogP contribution in [0.1, 0.15) is 30.0 Å².